The van der Waals surface area contributed by atoms with Gasteiger partial charge in [-0.3, -0.25) is 4.79 Å². The van der Waals surface area contributed by atoms with Crippen LogP contribution in [0.15, 0.2) is 12.1 Å². The summed E-state index contributed by atoms with van der Waals surface area (Å²) in [5, 5.41) is 2.53. The highest BCUT2D eigenvalue weighted by Gasteiger charge is 2.29. The van der Waals surface area contributed by atoms with Crippen LogP contribution in [0.25, 0.3) is 0 Å². The summed E-state index contributed by atoms with van der Waals surface area (Å²) >= 11 is 0. The normalized spacial score (nSPS) is 21.1. The molecule has 1 aromatic carbocycles. The molecule has 1 amide bonds. The lowest BCUT2D eigenvalue weighted by Crippen LogP contribution is -2.08. The molecule has 0 aliphatic carbocycles. The van der Waals surface area contributed by atoms with Crippen molar-refractivity contribution in [1.82, 2.24) is 0 Å². The number of nitrogens with two attached hydrogens (primary N) is 1. The Labute approximate surface area is 87.5 Å². The summed E-state index contributed by atoms with van der Waals surface area (Å²) in [5.74, 6) is -0.864. The van der Waals surface area contributed by atoms with E-state index in [-0.39, 0.29) is 17.9 Å². The van der Waals surface area contributed by atoms with Crippen LogP contribution in [-0.2, 0) is 4.79 Å². The molecule has 0 saturated carbocycles. The van der Waals surface area contributed by atoms with Crippen molar-refractivity contribution >= 4 is 11.6 Å². The Morgan fingerprint density at radius 3 is 2.80 bits per heavy atom. The van der Waals surface area contributed by atoms with Crippen LogP contribution in [0.4, 0.5) is 10.1 Å². The number of carbonyl (C=O) groups is 1. The predicted octanol–water partition coefficient (Wildman–Crippen LogP) is 1.90. The molecule has 0 bridgehead atoms. The Bertz CT molecular complexity index is 429. The molecule has 1 aliphatic rings. The van der Waals surface area contributed by atoms with Crippen molar-refractivity contribution < 1.29 is 9.18 Å². The zero-order chi connectivity index (χ0) is 11.2. The fraction of sp³-hybridized carbons (Fsp3) is 0.364. The summed E-state index contributed by atoms with van der Waals surface area (Å²) in [7, 11) is 0. The van der Waals surface area contributed by atoms with Crippen molar-refractivity contribution in [2.75, 3.05) is 5.32 Å². The number of nitrogens with one attached hydrogen (secondary N) is 1. The van der Waals surface area contributed by atoms with Gasteiger partial charge in [-0.2, -0.15) is 0 Å². The van der Waals surface area contributed by atoms with E-state index in [0.717, 1.165) is 5.56 Å². The Hall–Kier alpha value is -1.42. The van der Waals surface area contributed by atoms with Crippen LogP contribution in [-0.4, -0.2) is 5.91 Å². The molecule has 1 aliphatic heterocycles. The zero-order valence-electron chi connectivity index (χ0n) is 8.67. The lowest BCUT2D eigenvalue weighted by Gasteiger charge is -2.09. The van der Waals surface area contributed by atoms with Crippen molar-refractivity contribution in [3.63, 3.8) is 0 Å². The molecule has 0 saturated heterocycles. The van der Waals surface area contributed by atoms with Crippen LogP contribution in [0.2, 0.25) is 0 Å². The van der Waals surface area contributed by atoms with Gasteiger partial charge in [0.05, 0.1) is 11.6 Å². The average Bonchev–Trinajstić information content (AvgIpc) is 2.45. The van der Waals surface area contributed by atoms with Crippen LogP contribution in [0.3, 0.4) is 0 Å². The Morgan fingerprint density at radius 2 is 2.20 bits per heavy atom. The average molecular weight is 208 g/mol. The summed E-state index contributed by atoms with van der Waals surface area (Å²) in [5.41, 5.74) is 7.41. The molecule has 80 valence electrons. The van der Waals surface area contributed by atoms with Crippen molar-refractivity contribution in [3.05, 3.63) is 29.1 Å². The minimum absolute atomic E-state index is 0.161. The molecule has 2 unspecified atom stereocenters. The van der Waals surface area contributed by atoms with E-state index in [4.69, 9.17) is 5.73 Å². The van der Waals surface area contributed by atoms with Gasteiger partial charge in [0.1, 0.15) is 5.82 Å². The van der Waals surface area contributed by atoms with Gasteiger partial charge in [0.2, 0.25) is 5.91 Å². The highest BCUT2D eigenvalue weighted by Crippen LogP contribution is 2.35. The maximum Gasteiger partial charge on any atom is 0.231 e. The lowest BCUT2D eigenvalue weighted by molar-refractivity contribution is -0.116. The quantitative estimate of drug-likeness (QED) is 0.740. The third-order valence-electron chi connectivity index (χ3n) is 2.78. The molecule has 3 nitrogen and oxygen atoms in total. The van der Waals surface area contributed by atoms with E-state index in [9.17, 15) is 9.18 Å². The van der Waals surface area contributed by atoms with Gasteiger partial charge in [-0.25, -0.2) is 4.39 Å². The number of anilines is 1. The number of benzene rings is 1. The van der Waals surface area contributed by atoms with E-state index < -0.39 is 5.82 Å². The summed E-state index contributed by atoms with van der Waals surface area (Å²) in [6.45, 7) is 3.54. The highest BCUT2D eigenvalue weighted by molar-refractivity contribution is 6.02. The maximum absolute atomic E-state index is 13.6. The summed E-state index contributed by atoms with van der Waals surface area (Å²) in [6, 6.07) is 2.95. The molecular formula is C11H13FN2O. The molecule has 15 heavy (non-hydrogen) atoms. The van der Waals surface area contributed by atoms with Gasteiger partial charge in [-0.05, 0) is 31.0 Å². The van der Waals surface area contributed by atoms with E-state index in [1.54, 1.807) is 19.9 Å². The van der Waals surface area contributed by atoms with Gasteiger partial charge in [0.15, 0.2) is 0 Å². The molecule has 0 spiro atoms. The number of rotatable bonds is 1. The van der Waals surface area contributed by atoms with Gasteiger partial charge < -0.3 is 11.1 Å². The van der Waals surface area contributed by atoms with Crippen molar-refractivity contribution in [1.29, 1.82) is 0 Å². The Morgan fingerprint density at radius 1 is 1.53 bits per heavy atom. The minimum atomic E-state index is -0.405. The number of hydrogen-bond acceptors (Lipinski definition) is 2. The van der Waals surface area contributed by atoms with E-state index in [2.05, 4.69) is 5.32 Å². The van der Waals surface area contributed by atoms with E-state index in [1.165, 1.54) is 6.07 Å². The van der Waals surface area contributed by atoms with Crippen molar-refractivity contribution in [2.45, 2.75) is 25.8 Å². The molecule has 4 heteroatoms. The monoisotopic (exact) mass is 208 g/mol. The van der Waals surface area contributed by atoms with Gasteiger partial charge in [-0.1, -0.05) is 6.07 Å². The smallest absolute Gasteiger partial charge is 0.231 e. The fourth-order valence-corrected chi connectivity index (χ4v) is 1.76. The number of carbonyl (C=O) groups excluding carboxylic acids is 1. The molecule has 1 heterocycles. The lowest BCUT2D eigenvalue weighted by atomic mass is 9.98. The summed E-state index contributed by atoms with van der Waals surface area (Å²) in [4.78, 5) is 11.4. The van der Waals surface area contributed by atoms with Gasteiger partial charge >= 0.3 is 0 Å². The summed E-state index contributed by atoms with van der Waals surface area (Å²) in [6.07, 6.45) is 0. The van der Waals surface area contributed by atoms with Crippen LogP contribution in [0.5, 0.6) is 0 Å². The second kappa shape index (κ2) is 3.31. The molecule has 0 radical (unpaired) electrons. The SMILES string of the molecule is CC(N)c1cc(F)c2c(c1)C(C)C(=O)N2. The highest BCUT2D eigenvalue weighted by atomic mass is 19.1. The third-order valence-corrected chi connectivity index (χ3v) is 2.78. The maximum atomic E-state index is 13.6. The molecule has 2 atom stereocenters. The van der Waals surface area contributed by atoms with Gasteiger partial charge in [0.25, 0.3) is 0 Å². The van der Waals surface area contributed by atoms with Crippen molar-refractivity contribution in [2.24, 2.45) is 5.73 Å². The molecule has 3 N–H and O–H groups in total. The number of fused-ring (bicyclic) bond motifs is 1. The van der Waals surface area contributed by atoms with E-state index >= 15 is 0 Å². The molecule has 0 fully saturated rings. The second-order valence-electron chi connectivity index (χ2n) is 3.97. The van der Waals surface area contributed by atoms with Crippen molar-refractivity contribution in [3.8, 4) is 0 Å². The Balaban J connectivity index is 2.57. The Kier molecular flexibility index (Phi) is 2.23. The minimum Gasteiger partial charge on any atom is -0.324 e. The van der Waals surface area contributed by atoms with Gasteiger partial charge in [-0.15, -0.1) is 0 Å². The zero-order valence-corrected chi connectivity index (χ0v) is 8.67. The first-order chi connectivity index (χ1) is 7.00. The standard InChI is InChI=1S/C11H13FN2O/c1-5-8-3-7(6(2)13)4-9(12)10(8)14-11(5)15/h3-6H,13H2,1-2H3,(H,14,15). The first-order valence-electron chi connectivity index (χ1n) is 4.90. The van der Waals surface area contributed by atoms with Crippen LogP contribution in [0.1, 0.15) is 36.9 Å². The summed E-state index contributed by atoms with van der Waals surface area (Å²) < 4.78 is 13.6. The number of amides is 1. The van der Waals surface area contributed by atoms with E-state index in [0.29, 0.717) is 11.3 Å². The first kappa shape index (κ1) is 10.1. The molecular weight excluding hydrogens is 195 g/mol. The largest absolute Gasteiger partial charge is 0.324 e. The second-order valence-corrected chi connectivity index (χ2v) is 3.97. The van der Waals surface area contributed by atoms with Crippen LogP contribution < -0.4 is 11.1 Å². The third kappa shape index (κ3) is 1.51. The number of halogens is 1. The predicted molar refractivity (Wildman–Crippen MR) is 56.0 cm³/mol. The molecule has 2 rings (SSSR count). The fourth-order valence-electron chi connectivity index (χ4n) is 1.76. The first-order valence-corrected chi connectivity index (χ1v) is 4.90. The van der Waals surface area contributed by atoms with Gasteiger partial charge in [0, 0.05) is 6.04 Å². The molecule has 0 aromatic heterocycles. The van der Waals surface area contributed by atoms with E-state index in [1.807, 2.05) is 0 Å². The van der Waals surface area contributed by atoms with Crippen LogP contribution >= 0.6 is 0 Å². The number of hydrogen-bond donors (Lipinski definition) is 2. The molecule has 1 aromatic rings. The van der Waals surface area contributed by atoms with Crippen LogP contribution in [0, 0.1) is 5.82 Å². The topological polar surface area (TPSA) is 55.1 Å².